The average Bonchev–Trinajstić information content (AvgIpc) is 2.73. The lowest BCUT2D eigenvalue weighted by molar-refractivity contribution is -0.116. The Labute approximate surface area is 133 Å². The molecular weight excluding hydrogens is 335 g/mol. The fraction of sp³-hybridized carbons (Fsp3) is 0.462. The summed E-state index contributed by atoms with van der Waals surface area (Å²) in [5, 5.41) is 6.61. The smallest absolute Gasteiger partial charge is 0.225 e. The maximum absolute atomic E-state index is 11.8. The molecule has 0 spiro atoms. The molecule has 2 rings (SSSR count). The first-order valence-corrected chi connectivity index (χ1v) is 9.12. The predicted octanol–water partition coefficient (Wildman–Crippen LogP) is 2.10. The maximum Gasteiger partial charge on any atom is 0.225 e. The van der Waals surface area contributed by atoms with Gasteiger partial charge in [-0.25, -0.2) is 8.42 Å². The van der Waals surface area contributed by atoms with Crippen LogP contribution in [0, 0.1) is 0 Å². The van der Waals surface area contributed by atoms with Crippen LogP contribution in [0.3, 0.4) is 0 Å². The highest BCUT2D eigenvalue weighted by atomic mass is 35.5. The van der Waals surface area contributed by atoms with E-state index in [2.05, 4.69) is 10.6 Å². The first-order valence-electron chi connectivity index (χ1n) is 6.54. The van der Waals surface area contributed by atoms with Crippen molar-refractivity contribution in [2.75, 3.05) is 23.4 Å². The molecule has 21 heavy (non-hydrogen) atoms. The summed E-state index contributed by atoms with van der Waals surface area (Å²) in [6.07, 6.45) is 0.869. The Morgan fingerprint density at radius 1 is 1.29 bits per heavy atom. The van der Waals surface area contributed by atoms with Gasteiger partial charge in [0, 0.05) is 24.7 Å². The third kappa shape index (κ3) is 5.14. The number of amides is 1. The minimum Gasteiger partial charge on any atom is -0.326 e. The molecule has 1 fully saturated rings. The molecule has 8 heteroatoms. The van der Waals surface area contributed by atoms with E-state index in [0.29, 0.717) is 28.7 Å². The molecule has 116 valence electrons. The molecule has 1 aliphatic rings. The second kappa shape index (κ2) is 6.96. The molecule has 1 unspecified atom stereocenters. The minimum absolute atomic E-state index is 0.0484. The summed E-state index contributed by atoms with van der Waals surface area (Å²) in [7, 11) is -2.89. The normalized spacial score (nSPS) is 20.4. The number of carbonyl (C=O) groups is 1. The highest BCUT2D eigenvalue weighted by molar-refractivity contribution is 7.91. The number of nitrogens with one attached hydrogen (secondary N) is 2. The van der Waals surface area contributed by atoms with Crippen LogP contribution >= 0.6 is 23.2 Å². The summed E-state index contributed by atoms with van der Waals surface area (Å²) in [5.74, 6) is 0.211. The lowest BCUT2D eigenvalue weighted by Gasteiger charge is -2.10. The van der Waals surface area contributed by atoms with Gasteiger partial charge in [0.15, 0.2) is 9.84 Å². The molecule has 1 amide bonds. The van der Waals surface area contributed by atoms with Gasteiger partial charge >= 0.3 is 0 Å². The quantitative estimate of drug-likeness (QED) is 0.852. The van der Waals surface area contributed by atoms with Crippen LogP contribution in [0.25, 0.3) is 0 Å². The van der Waals surface area contributed by atoms with Gasteiger partial charge in [-0.1, -0.05) is 23.2 Å². The number of rotatable bonds is 5. The lowest BCUT2D eigenvalue weighted by Crippen LogP contribution is -2.32. The zero-order valence-corrected chi connectivity index (χ0v) is 13.6. The van der Waals surface area contributed by atoms with Gasteiger partial charge in [0.1, 0.15) is 0 Å². The Hall–Kier alpha value is -0.820. The number of benzene rings is 1. The summed E-state index contributed by atoms with van der Waals surface area (Å²) < 4.78 is 22.6. The minimum atomic E-state index is -2.89. The van der Waals surface area contributed by atoms with Crippen LogP contribution in [0.2, 0.25) is 10.0 Å². The van der Waals surface area contributed by atoms with Gasteiger partial charge in [-0.05, 0) is 24.6 Å². The Morgan fingerprint density at radius 3 is 2.67 bits per heavy atom. The molecule has 1 heterocycles. The summed E-state index contributed by atoms with van der Waals surface area (Å²) >= 11 is 11.7. The van der Waals surface area contributed by atoms with Crippen LogP contribution in [0.1, 0.15) is 12.8 Å². The molecule has 1 aromatic rings. The largest absolute Gasteiger partial charge is 0.326 e. The second-order valence-electron chi connectivity index (χ2n) is 4.98. The molecule has 0 bridgehead atoms. The van der Waals surface area contributed by atoms with Crippen molar-refractivity contribution in [2.24, 2.45) is 0 Å². The van der Waals surface area contributed by atoms with E-state index in [9.17, 15) is 13.2 Å². The zero-order valence-electron chi connectivity index (χ0n) is 11.2. The van der Waals surface area contributed by atoms with Gasteiger partial charge in [0.25, 0.3) is 0 Å². The summed E-state index contributed by atoms with van der Waals surface area (Å²) in [6.45, 7) is 0.438. The number of hydrogen-bond acceptors (Lipinski definition) is 4. The number of hydrogen-bond donors (Lipinski definition) is 2. The second-order valence-corrected chi connectivity index (χ2v) is 8.02. The van der Waals surface area contributed by atoms with Gasteiger partial charge in [0.2, 0.25) is 5.91 Å². The molecule has 0 radical (unpaired) electrons. The van der Waals surface area contributed by atoms with Crippen molar-refractivity contribution in [2.45, 2.75) is 18.9 Å². The van der Waals surface area contributed by atoms with Gasteiger partial charge < -0.3 is 10.6 Å². The van der Waals surface area contributed by atoms with Crippen molar-refractivity contribution < 1.29 is 13.2 Å². The van der Waals surface area contributed by atoms with Crippen molar-refractivity contribution in [1.29, 1.82) is 0 Å². The van der Waals surface area contributed by atoms with Gasteiger partial charge in [-0.15, -0.1) is 0 Å². The topological polar surface area (TPSA) is 75.3 Å². The van der Waals surface area contributed by atoms with Crippen LogP contribution in [0.5, 0.6) is 0 Å². The Bertz CT molecular complexity index is 634. The number of anilines is 1. The van der Waals surface area contributed by atoms with E-state index in [1.807, 2.05) is 0 Å². The molecular formula is C13H16Cl2N2O3S. The van der Waals surface area contributed by atoms with Crippen LogP contribution in [-0.2, 0) is 14.6 Å². The molecule has 1 saturated heterocycles. The Kier molecular flexibility index (Phi) is 5.48. The first kappa shape index (κ1) is 16.5. The highest BCUT2D eigenvalue weighted by Gasteiger charge is 2.27. The molecule has 5 nitrogen and oxygen atoms in total. The first-order chi connectivity index (χ1) is 9.85. The standard InChI is InChI=1S/C13H16Cl2N2O3S/c14-11-2-1-9(7-12(11)15)17-13(18)3-5-16-10-4-6-21(19,20)8-10/h1-2,7,10,16H,3-6,8H2,(H,17,18). The van der Waals surface area contributed by atoms with Gasteiger partial charge in [-0.2, -0.15) is 0 Å². The Morgan fingerprint density at radius 2 is 2.05 bits per heavy atom. The molecule has 0 saturated carbocycles. The average molecular weight is 351 g/mol. The molecule has 1 atom stereocenters. The molecule has 0 aromatic heterocycles. The zero-order chi connectivity index (χ0) is 15.5. The van der Waals surface area contributed by atoms with Crippen molar-refractivity contribution >= 4 is 44.6 Å². The number of halogens is 2. The number of sulfone groups is 1. The number of carbonyl (C=O) groups excluding carboxylic acids is 1. The summed E-state index contributed by atoms with van der Waals surface area (Å²) in [4.78, 5) is 11.8. The van der Waals surface area contributed by atoms with Gasteiger partial charge in [0.05, 0.1) is 21.6 Å². The van der Waals surface area contributed by atoms with Crippen molar-refractivity contribution in [1.82, 2.24) is 5.32 Å². The fourth-order valence-electron chi connectivity index (χ4n) is 2.14. The highest BCUT2D eigenvalue weighted by Crippen LogP contribution is 2.25. The van der Waals surface area contributed by atoms with E-state index in [0.717, 1.165) is 0 Å². The summed E-state index contributed by atoms with van der Waals surface area (Å²) in [5.41, 5.74) is 0.581. The predicted molar refractivity (Wildman–Crippen MR) is 84.8 cm³/mol. The van der Waals surface area contributed by atoms with Crippen molar-refractivity contribution in [3.63, 3.8) is 0 Å². The van der Waals surface area contributed by atoms with Crippen LogP contribution in [-0.4, -0.2) is 38.4 Å². The van der Waals surface area contributed by atoms with E-state index in [1.165, 1.54) is 0 Å². The molecule has 1 aliphatic heterocycles. The monoisotopic (exact) mass is 350 g/mol. The van der Waals surface area contributed by atoms with E-state index >= 15 is 0 Å². The Balaban J connectivity index is 1.74. The van der Waals surface area contributed by atoms with E-state index in [1.54, 1.807) is 18.2 Å². The summed E-state index contributed by atoms with van der Waals surface area (Å²) in [6, 6.07) is 4.82. The maximum atomic E-state index is 11.8. The van der Waals surface area contributed by atoms with Gasteiger partial charge in [-0.3, -0.25) is 4.79 Å². The fourth-order valence-corrected chi connectivity index (χ4v) is 4.15. The van der Waals surface area contributed by atoms with E-state index in [-0.39, 0.29) is 29.9 Å². The SMILES string of the molecule is O=C(CCNC1CCS(=O)(=O)C1)Nc1ccc(Cl)c(Cl)c1. The van der Waals surface area contributed by atoms with Crippen LogP contribution in [0.15, 0.2) is 18.2 Å². The molecule has 2 N–H and O–H groups in total. The molecule has 0 aliphatic carbocycles. The lowest BCUT2D eigenvalue weighted by atomic mass is 10.2. The van der Waals surface area contributed by atoms with E-state index < -0.39 is 9.84 Å². The van der Waals surface area contributed by atoms with Crippen molar-refractivity contribution in [3.8, 4) is 0 Å². The van der Waals surface area contributed by atoms with E-state index in [4.69, 9.17) is 23.2 Å². The third-order valence-electron chi connectivity index (χ3n) is 3.22. The van der Waals surface area contributed by atoms with Crippen LogP contribution < -0.4 is 10.6 Å². The molecule has 1 aromatic carbocycles. The van der Waals surface area contributed by atoms with Crippen molar-refractivity contribution in [3.05, 3.63) is 28.2 Å². The van der Waals surface area contributed by atoms with Crippen LogP contribution in [0.4, 0.5) is 5.69 Å². The third-order valence-corrected chi connectivity index (χ3v) is 5.73.